The van der Waals surface area contributed by atoms with Crippen LogP contribution >= 0.6 is 0 Å². The van der Waals surface area contributed by atoms with Crippen molar-refractivity contribution in [1.29, 1.82) is 0 Å². The van der Waals surface area contributed by atoms with Crippen LogP contribution in [0.1, 0.15) is 39.0 Å². The fraction of sp³-hybridized carbons (Fsp3) is 1.00. The van der Waals surface area contributed by atoms with Gasteiger partial charge in [0.05, 0.1) is 0 Å². The molecule has 3 heteroatoms. The molecule has 0 aromatic carbocycles. The van der Waals surface area contributed by atoms with E-state index >= 15 is 0 Å². The van der Waals surface area contributed by atoms with Gasteiger partial charge in [0.2, 0.25) is 0 Å². The smallest absolute Gasteiger partial charge is 0.0224 e. The van der Waals surface area contributed by atoms with Gasteiger partial charge in [0.25, 0.3) is 0 Å². The third kappa shape index (κ3) is 3.71. The van der Waals surface area contributed by atoms with Crippen LogP contribution in [0.3, 0.4) is 0 Å². The molecular formula is C16H31N3. The van der Waals surface area contributed by atoms with E-state index in [2.05, 4.69) is 22.0 Å². The largest absolute Gasteiger partial charge is 0.312 e. The van der Waals surface area contributed by atoms with Crippen molar-refractivity contribution in [3.8, 4) is 0 Å². The van der Waals surface area contributed by atoms with Crippen molar-refractivity contribution in [2.75, 3.05) is 45.8 Å². The zero-order valence-electron chi connectivity index (χ0n) is 12.6. The number of hydrogen-bond donors (Lipinski definition) is 1. The number of nitrogens with one attached hydrogen (secondary N) is 1. The fourth-order valence-electron chi connectivity index (χ4n) is 4.07. The van der Waals surface area contributed by atoms with E-state index in [9.17, 15) is 0 Å². The lowest BCUT2D eigenvalue weighted by Gasteiger charge is -2.45. The Morgan fingerprint density at radius 3 is 2.37 bits per heavy atom. The highest BCUT2D eigenvalue weighted by atomic mass is 15.2. The van der Waals surface area contributed by atoms with Crippen LogP contribution in [0.25, 0.3) is 0 Å². The molecule has 4 rings (SSSR count). The third-order valence-electron chi connectivity index (χ3n) is 5.59. The minimum absolute atomic E-state index is 0.795. The second-order valence-corrected chi connectivity index (χ2v) is 7.08. The van der Waals surface area contributed by atoms with Gasteiger partial charge < -0.3 is 15.1 Å². The first-order valence-corrected chi connectivity index (χ1v) is 8.49. The van der Waals surface area contributed by atoms with Crippen LogP contribution in [0.4, 0.5) is 0 Å². The van der Waals surface area contributed by atoms with Crippen LogP contribution < -0.4 is 5.32 Å². The van der Waals surface area contributed by atoms with Gasteiger partial charge in [0.1, 0.15) is 0 Å². The van der Waals surface area contributed by atoms with E-state index in [1.54, 1.807) is 0 Å². The molecule has 110 valence electrons. The van der Waals surface area contributed by atoms with Gasteiger partial charge in [-0.05, 0) is 83.2 Å². The minimum Gasteiger partial charge on any atom is -0.312 e. The van der Waals surface area contributed by atoms with Gasteiger partial charge in [0.15, 0.2) is 0 Å². The van der Waals surface area contributed by atoms with Gasteiger partial charge in [-0.25, -0.2) is 0 Å². The summed E-state index contributed by atoms with van der Waals surface area (Å²) in [5.41, 5.74) is 0. The Hall–Kier alpha value is -0.120. The molecule has 19 heavy (non-hydrogen) atoms. The Morgan fingerprint density at radius 1 is 1.00 bits per heavy atom. The van der Waals surface area contributed by atoms with Crippen LogP contribution in [-0.4, -0.2) is 61.7 Å². The molecule has 0 radical (unpaired) electrons. The predicted octanol–water partition coefficient (Wildman–Crippen LogP) is 1.79. The molecule has 0 amide bonds. The van der Waals surface area contributed by atoms with Crippen molar-refractivity contribution >= 4 is 0 Å². The van der Waals surface area contributed by atoms with Crippen molar-refractivity contribution in [1.82, 2.24) is 15.1 Å². The zero-order valence-corrected chi connectivity index (χ0v) is 12.6. The van der Waals surface area contributed by atoms with Gasteiger partial charge in [-0.1, -0.05) is 6.92 Å². The van der Waals surface area contributed by atoms with Crippen molar-refractivity contribution in [3.05, 3.63) is 0 Å². The maximum absolute atomic E-state index is 3.83. The summed E-state index contributed by atoms with van der Waals surface area (Å²) in [7, 11) is 0. The van der Waals surface area contributed by atoms with Crippen molar-refractivity contribution in [3.63, 3.8) is 0 Å². The molecule has 1 N–H and O–H groups in total. The molecule has 2 bridgehead atoms. The van der Waals surface area contributed by atoms with E-state index in [-0.39, 0.29) is 0 Å². The normalized spacial score (nSPS) is 36.8. The first-order valence-electron chi connectivity index (χ1n) is 8.49. The topological polar surface area (TPSA) is 18.5 Å². The quantitative estimate of drug-likeness (QED) is 0.765. The van der Waals surface area contributed by atoms with E-state index in [0.717, 1.165) is 17.9 Å². The minimum atomic E-state index is 0.795. The molecule has 1 unspecified atom stereocenters. The summed E-state index contributed by atoms with van der Waals surface area (Å²) >= 11 is 0. The number of likely N-dealkylation sites (tertiary alicyclic amines) is 1. The fourth-order valence-corrected chi connectivity index (χ4v) is 4.07. The van der Waals surface area contributed by atoms with Gasteiger partial charge in [-0.3, -0.25) is 0 Å². The highest BCUT2D eigenvalue weighted by Gasteiger charge is 2.33. The number of nitrogens with zero attached hydrogens (tertiary/aromatic N) is 2. The molecule has 4 fully saturated rings. The molecule has 4 aliphatic rings. The number of fused-ring (bicyclic) bond motifs is 3. The molecular weight excluding hydrogens is 234 g/mol. The summed E-state index contributed by atoms with van der Waals surface area (Å²) in [6, 6.07) is 0.795. The van der Waals surface area contributed by atoms with Gasteiger partial charge >= 0.3 is 0 Å². The van der Waals surface area contributed by atoms with Gasteiger partial charge in [-0.2, -0.15) is 0 Å². The summed E-state index contributed by atoms with van der Waals surface area (Å²) in [5, 5.41) is 3.83. The van der Waals surface area contributed by atoms with Gasteiger partial charge in [-0.15, -0.1) is 0 Å². The maximum atomic E-state index is 3.83. The molecule has 0 aromatic rings. The first-order chi connectivity index (χ1) is 9.31. The Morgan fingerprint density at radius 2 is 1.74 bits per heavy atom. The molecule has 0 aliphatic carbocycles. The summed E-state index contributed by atoms with van der Waals surface area (Å²) in [5.74, 6) is 1.93. The van der Waals surface area contributed by atoms with E-state index in [0.29, 0.717) is 0 Å². The Kier molecular flexibility index (Phi) is 4.78. The van der Waals surface area contributed by atoms with Crippen LogP contribution in [0, 0.1) is 11.8 Å². The van der Waals surface area contributed by atoms with Crippen molar-refractivity contribution in [2.24, 2.45) is 11.8 Å². The van der Waals surface area contributed by atoms with E-state index < -0.39 is 0 Å². The Bertz CT molecular complexity index is 265. The number of piperidine rings is 4. The average Bonchev–Trinajstić information content (AvgIpc) is 2.47. The van der Waals surface area contributed by atoms with Gasteiger partial charge in [0, 0.05) is 12.6 Å². The molecule has 4 aliphatic heterocycles. The van der Waals surface area contributed by atoms with Crippen LogP contribution in [0.2, 0.25) is 0 Å². The van der Waals surface area contributed by atoms with E-state index in [4.69, 9.17) is 0 Å². The average molecular weight is 265 g/mol. The van der Waals surface area contributed by atoms with E-state index in [1.807, 2.05) is 0 Å². The van der Waals surface area contributed by atoms with Crippen molar-refractivity contribution < 1.29 is 0 Å². The molecule has 0 aromatic heterocycles. The molecule has 0 spiro atoms. The molecule has 4 saturated heterocycles. The third-order valence-corrected chi connectivity index (χ3v) is 5.59. The molecule has 3 nitrogen and oxygen atoms in total. The van der Waals surface area contributed by atoms with Crippen LogP contribution in [0.15, 0.2) is 0 Å². The molecule has 4 heterocycles. The van der Waals surface area contributed by atoms with E-state index in [1.165, 1.54) is 77.9 Å². The lowest BCUT2D eigenvalue weighted by molar-refractivity contribution is 0.0721. The standard InChI is InChI=1S/C16H31N3/c1-14-3-9-18(10-4-14)8-2-7-17-16-13-19-11-5-15(16)6-12-19/h14-17H,2-13H2,1H3. The SMILES string of the molecule is CC1CCN(CCCNC2CN3CCC2CC3)CC1. The Balaban J connectivity index is 1.29. The molecule has 1 atom stereocenters. The molecule has 0 saturated carbocycles. The lowest BCUT2D eigenvalue weighted by atomic mass is 9.84. The second-order valence-electron chi connectivity index (χ2n) is 7.08. The number of hydrogen-bond acceptors (Lipinski definition) is 3. The second kappa shape index (κ2) is 6.55. The summed E-state index contributed by atoms with van der Waals surface area (Å²) in [4.78, 5) is 5.31. The lowest BCUT2D eigenvalue weighted by Crippen LogP contribution is -2.56. The highest BCUT2D eigenvalue weighted by molar-refractivity contribution is 4.90. The Labute approximate surface area is 118 Å². The summed E-state index contributed by atoms with van der Waals surface area (Å²) in [6.45, 7) is 11.6. The number of rotatable bonds is 5. The predicted molar refractivity (Wildman–Crippen MR) is 80.4 cm³/mol. The maximum Gasteiger partial charge on any atom is 0.0224 e. The monoisotopic (exact) mass is 265 g/mol. The van der Waals surface area contributed by atoms with Crippen LogP contribution in [-0.2, 0) is 0 Å². The van der Waals surface area contributed by atoms with Crippen molar-refractivity contribution in [2.45, 2.75) is 45.1 Å². The van der Waals surface area contributed by atoms with Crippen LogP contribution in [0.5, 0.6) is 0 Å². The highest BCUT2D eigenvalue weighted by Crippen LogP contribution is 2.27. The zero-order chi connectivity index (χ0) is 13.1. The first kappa shape index (κ1) is 13.8. The summed E-state index contributed by atoms with van der Waals surface area (Å²) in [6.07, 6.45) is 7.02. The summed E-state index contributed by atoms with van der Waals surface area (Å²) < 4.78 is 0.